The molecule has 1 saturated carbocycles. The van der Waals surface area contributed by atoms with Gasteiger partial charge in [0.2, 0.25) is 5.88 Å². The first-order valence-electron chi connectivity index (χ1n) is 5.38. The third-order valence-electron chi connectivity index (χ3n) is 3.80. The minimum absolute atomic E-state index is 0.00404. The van der Waals surface area contributed by atoms with Crippen molar-refractivity contribution in [2.45, 2.75) is 25.7 Å². The van der Waals surface area contributed by atoms with Crippen molar-refractivity contribution >= 4 is 11.6 Å². The fourth-order valence-electron chi connectivity index (χ4n) is 2.57. The standard InChI is InChI=1S/C12H17ClN2O/c1-11(2)6-12(11,7-14)8-4-5-9(13)15-10(8)16-3/h4-5H,6-7,14H2,1-3H3. The van der Waals surface area contributed by atoms with Gasteiger partial charge in [0.1, 0.15) is 5.15 Å². The first kappa shape index (κ1) is 11.7. The van der Waals surface area contributed by atoms with Gasteiger partial charge in [0, 0.05) is 17.5 Å². The molecule has 16 heavy (non-hydrogen) atoms. The second kappa shape index (κ2) is 3.60. The normalized spacial score (nSPS) is 26.6. The van der Waals surface area contributed by atoms with Crippen LogP contribution in [-0.2, 0) is 5.41 Å². The minimum Gasteiger partial charge on any atom is -0.481 e. The van der Waals surface area contributed by atoms with Crippen LogP contribution in [0.25, 0.3) is 0 Å². The second-order valence-electron chi connectivity index (χ2n) is 5.04. The zero-order chi connectivity index (χ0) is 12.0. The molecule has 1 aromatic heterocycles. The Morgan fingerprint density at radius 3 is 2.56 bits per heavy atom. The Hall–Kier alpha value is -0.800. The van der Waals surface area contributed by atoms with Crippen molar-refractivity contribution < 1.29 is 4.74 Å². The predicted octanol–water partition coefficient (Wildman–Crippen LogP) is 2.37. The zero-order valence-electron chi connectivity index (χ0n) is 9.88. The van der Waals surface area contributed by atoms with Gasteiger partial charge in [0.15, 0.2) is 0 Å². The Bertz CT molecular complexity index is 419. The molecule has 2 rings (SSSR count). The summed E-state index contributed by atoms with van der Waals surface area (Å²) in [5, 5.41) is 0.450. The minimum atomic E-state index is -0.00404. The van der Waals surface area contributed by atoms with E-state index < -0.39 is 0 Å². The molecule has 1 unspecified atom stereocenters. The molecule has 88 valence electrons. The smallest absolute Gasteiger partial charge is 0.218 e. The van der Waals surface area contributed by atoms with Gasteiger partial charge in [0.25, 0.3) is 0 Å². The van der Waals surface area contributed by atoms with E-state index in [0.717, 1.165) is 12.0 Å². The van der Waals surface area contributed by atoms with Crippen LogP contribution in [0.2, 0.25) is 5.15 Å². The SMILES string of the molecule is COc1nc(Cl)ccc1C1(CN)CC1(C)C. The third kappa shape index (κ3) is 1.50. The van der Waals surface area contributed by atoms with E-state index in [0.29, 0.717) is 17.6 Å². The molecule has 2 N–H and O–H groups in total. The highest BCUT2D eigenvalue weighted by atomic mass is 35.5. The number of halogens is 1. The zero-order valence-corrected chi connectivity index (χ0v) is 10.6. The molecule has 0 amide bonds. The summed E-state index contributed by atoms with van der Waals surface area (Å²) in [6.07, 6.45) is 1.07. The Morgan fingerprint density at radius 1 is 1.50 bits per heavy atom. The van der Waals surface area contributed by atoms with Gasteiger partial charge in [0.05, 0.1) is 7.11 Å². The summed E-state index contributed by atoms with van der Waals surface area (Å²) in [5.41, 5.74) is 7.21. The van der Waals surface area contributed by atoms with Crippen LogP contribution in [0.15, 0.2) is 12.1 Å². The lowest BCUT2D eigenvalue weighted by Crippen LogP contribution is -2.26. The van der Waals surface area contributed by atoms with Crippen molar-refractivity contribution in [3.05, 3.63) is 22.8 Å². The van der Waals surface area contributed by atoms with Crippen molar-refractivity contribution in [2.24, 2.45) is 11.1 Å². The van der Waals surface area contributed by atoms with Crippen LogP contribution in [0.5, 0.6) is 5.88 Å². The molecule has 0 aliphatic heterocycles. The summed E-state index contributed by atoms with van der Waals surface area (Å²) in [4.78, 5) is 4.20. The number of nitrogens with two attached hydrogens (primary N) is 1. The van der Waals surface area contributed by atoms with Crippen LogP contribution in [0, 0.1) is 5.41 Å². The molecular weight excluding hydrogens is 224 g/mol. The number of nitrogens with zero attached hydrogens (tertiary/aromatic N) is 1. The molecule has 0 saturated heterocycles. The van der Waals surface area contributed by atoms with E-state index in [1.165, 1.54) is 0 Å². The van der Waals surface area contributed by atoms with Crippen LogP contribution in [-0.4, -0.2) is 18.6 Å². The highest BCUT2D eigenvalue weighted by Gasteiger charge is 2.62. The van der Waals surface area contributed by atoms with Gasteiger partial charge in [-0.1, -0.05) is 25.4 Å². The monoisotopic (exact) mass is 240 g/mol. The first-order chi connectivity index (χ1) is 7.47. The van der Waals surface area contributed by atoms with Gasteiger partial charge < -0.3 is 10.5 Å². The summed E-state index contributed by atoms with van der Waals surface area (Å²) >= 11 is 5.86. The molecule has 0 radical (unpaired) electrons. The average Bonchev–Trinajstić information content (AvgIpc) is 2.82. The molecule has 1 fully saturated rings. The van der Waals surface area contributed by atoms with E-state index in [9.17, 15) is 0 Å². The molecule has 1 atom stereocenters. The fraction of sp³-hybridized carbons (Fsp3) is 0.583. The number of hydrogen-bond donors (Lipinski definition) is 1. The number of methoxy groups -OCH3 is 1. The number of rotatable bonds is 3. The van der Waals surface area contributed by atoms with E-state index >= 15 is 0 Å². The highest BCUT2D eigenvalue weighted by molar-refractivity contribution is 6.29. The molecule has 1 aromatic rings. The van der Waals surface area contributed by atoms with Gasteiger partial charge in [-0.15, -0.1) is 0 Å². The second-order valence-corrected chi connectivity index (χ2v) is 5.42. The lowest BCUT2D eigenvalue weighted by atomic mass is 9.88. The molecule has 0 aromatic carbocycles. The lowest BCUT2D eigenvalue weighted by molar-refractivity contribution is 0.379. The van der Waals surface area contributed by atoms with Crippen molar-refractivity contribution in [3.63, 3.8) is 0 Å². The number of hydrogen-bond acceptors (Lipinski definition) is 3. The van der Waals surface area contributed by atoms with Crippen LogP contribution in [0.3, 0.4) is 0 Å². The quantitative estimate of drug-likeness (QED) is 0.826. The topological polar surface area (TPSA) is 48.1 Å². The van der Waals surface area contributed by atoms with Crippen LogP contribution < -0.4 is 10.5 Å². The molecule has 1 aliphatic carbocycles. The molecule has 1 heterocycles. The lowest BCUT2D eigenvalue weighted by Gasteiger charge is -2.20. The van der Waals surface area contributed by atoms with Gasteiger partial charge in [-0.2, -0.15) is 0 Å². The third-order valence-corrected chi connectivity index (χ3v) is 4.01. The maximum absolute atomic E-state index is 5.92. The summed E-state index contributed by atoms with van der Waals surface area (Å²) in [6.45, 7) is 5.04. The van der Waals surface area contributed by atoms with Gasteiger partial charge in [-0.25, -0.2) is 4.98 Å². The Kier molecular flexibility index (Phi) is 2.63. The largest absolute Gasteiger partial charge is 0.481 e. The van der Waals surface area contributed by atoms with Crippen LogP contribution in [0.4, 0.5) is 0 Å². The number of pyridine rings is 1. The van der Waals surface area contributed by atoms with Gasteiger partial charge in [-0.3, -0.25) is 0 Å². The van der Waals surface area contributed by atoms with E-state index in [2.05, 4.69) is 18.8 Å². The van der Waals surface area contributed by atoms with Crippen molar-refractivity contribution in [1.29, 1.82) is 0 Å². The fourth-order valence-corrected chi connectivity index (χ4v) is 2.71. The van der Waals surface area contributed by atoms with Crippen molar-refractivity contribution in [3.8, 4) is 5.88 Å². The number of aromatic nitrogens is 1. The predicted molar refractivity (Wildman–Crippen MR) is 64.9 cm³/mol. The highest BCUT2D eigenvalue weighted by Crippen LogP contribution is 2.64. The molecule has 0 bridgehead atoms. The molecular formula is C12H17ClN2O. The molecule has 1 aliphatic rings. The van der Waals surface area contributed by atoms with E-state index in [4.69, 9.17) is 22.1 Å². The first-order valence-corrected chi connectivity index (χ1v) is 5.76. The molecule has 0 spiro atoms. The van der Waals surface area contributed by atoms with Gasteiger partial charge in [-0.05, 0) is 24.0 Å². The molecule has 3 nitrogen and oxygen atoms in total. The van der Waals surface area contributed by atoms with E-state index in [1.54, 1.807) is 13.2 Å². The summed E-state index contributed by atoms with van der Waals surface area (Å²) in [5.74, 6) is 0.600. The Morgan fingerprint density at radius 2 is 2.12 bits per heavy atom. The maximum Gasteiger partial charge on any atom is 0.218 e. The van der Waals surface area contributed by atoms with Crippen molar-refractivity contribution in [1.82, 2.24) is 4.98 Å². The van der Waals surface area contributed by atoms with Crippen LogP contribution >= 0.6 is 11.6 Å². The average molecular weight is 241 g/mol. The van der Waals surface area contributed by atoms with Gasteiger partial charge >= 0.3 is 0 Å². The molecule has 4 heteroatoms. The maximum atomic E-state index is 5.92. The summed E-state index contributed by atoms with van der Waals surface area (Å²) in [7, 11) is 1.61. The van der Waals surface area contributed by atoms with E-state index in [1.807, 2.05) is 6.07 Å². The number of ether oxygens (including phenoxy) is 1. The van der Waals surface area contributed by atoms with E-state index in [-0.39, 0.29) is 10.8 Å². The van der Waals surface area contributed by atoms with Crippen LogP contribution in [0.1, 0.15) is 25.8 Å². The van der Waals surface area contributed by atoms with Crippen molar-refractivity contribution in [2.75, 3.05) is 13.7 Å². The Labute approximate surface area is 101 Å². The summed E-state index contributed by atoms with van der Waals surface area (Å²) in [6, 6.07) is 3.78. The summed E-state index contributed by atoms with van der Waals surface area (Å²) < 4.78 is 5.30. The Balaban J connectivity index is 2.48.